The highest BCUT2D eigenvalue weighted by molar-refractivity contribution is 6.35. The van der Waals surface area contributed by atoms with E-state index in [-0.39, 0.29) is 23.8 Å². The average Bonchev–Trinajstić information content (AvgIpc) is 2.99. The Hall–Kier alpha value is -2.99. The van der Waals surface area contributed by atoms with Crippen LogP contribution in [0.25, 0.3) is 0 Å². The van der Waals surface area contributed by atoms with Crippen molar-refractivity contribution < 1.29 is 14.4 Å². The first-order valence-electron chi connectivity index (χ1n) is 10.3. The van der Waals surface area contributed by atoms with Crippen LogP contribution < -0.4 is 4.90 Å². The molecule has 0 aliphatic carbocycles. The number of rotatable bonds is 3. The minimum Gasteiger partial charge on any atom is -0.339 e. The fraction of sp³-hybridized carbons (Fsp3) is 0.375. The number of nitrogens with zero attached hydrogens (tertiary/aromatic N) is 3. The SMILES string of the molecule is Cc1ccc(C)c(N2C(=O)c3ccc(C(=O)N(C)C4CCN(C)CC4)cc3C2=O)c1. The molecule has 2 aliphatic heterocycles. The third-order valence-corrected chi connectivity index (χ3v) is 6.30. The van der Waals surface area contributed by atoms with Gasteiger partial charge in [0, 0.05) is 18.7 Å². The summed E-state index contributed by atoms with van der Waals surface area (Å²) in [5.74, 6) is -0.829. The van der Waals surface area contributed by atoms with Gasteiger partial charge < -0.3 is 9.80 Å². The molecule has 2 aliphatic rings. The largest absolute Gasteiger partial charge is 0.339 e. The topological polar surface area (TPSA) is 60.9 Å². The molecule has 30 heavy (non-hydrogen) atoms. The maximum Gasteiger partial charge on any atom is 0.266 e. The number of hydrogen-bond donors (Lipinski definition) is 0. The number of carbonyl (C=O) groups is 3. The first-order valence-corrected chi connectivity index (χ1v) is 10.3. The van der Waals surface area contributed by atoms with Crippen LogP contribution in [0.3, 0.4) is 0 Å². The monoisotopic (exact) mass is 405 g/mol. The van der Waals surface area contributed by atoms with Gasteiger partial charge in [0.25, 0.3) is 17.7 Å². The van der Waals surface area contributed by atoms with Gasteiger partial charge in [0.05, 0.1) is 16.8 Å². The first-order chi connectivity index (χ1) is 14.3. The van der Waals surface area contributed by atoms with Crippen LogP contribution in [0.15, 0.2) is 36.4 Å². The number of aryl methyl sites for hydroxylation is 2. The van der Waals surface area contributed by atoms with E-state index in [1.807, 2.05) is 39.1 Å². The molecule has 0 radical (unpaired) electrons. The summed E-state index contributed by atoms with van der Waals surface area (Å²) in [7, 11) is 3.91. The second-order valence-electron chi connectivity index (χ2n) is 8.45. The Bertz CT molecular complexity index is 1040. The molecular weight excluding hydrogens is 378 g/mol. The summed E-state index contributed by atoms with van der Waals surface area (Å²) in [6.45, 7) is 5.73. The lowest BCUT2D eigenvalue weighted by Gasteiger charge is -2.35. The van der Waals surface area contributed by atoms with Crippen molar-refractivity contribution in [3.05, 3.63) is 64.2 Å². The Morgan fingerprint density at radius 1 is 0.967 bits per heavy atom. The fourth-order valence-electron chi connectivity index (χ4n) is 4.30. The molecule has 0 saturated carbocycles. The smallest absolute Gasteiger partial charge is 0.266 e. The van der Waals surface area contributed by atoms with Crippen molar-refractivity contribution in [2.45, 2.75) is 32.7 Å². The third kappa shape index (κ3) is 3.41. The van der Waals surface area contributed by atoms with Crippen molar-refractivity contribution >= 4 is 23.4 Å². The quantitative estimate of drug-likeness (QED) is 0.736. The van der Waals surface area contributed by atoms with Crippen LogP contribution >= 0.6 is 0 Å². The molecule has 6 nitrogen and oxygen atoms in total. The molecule has 2 heterocycles. The molecule has 1 fully saturated rings. The van der Waals surface area contributed by atoms with Gasteiger partial charge in [0.1, 0.15) is 0 Å². The van der Waals surface area contributed by atoms with Crippen molar-refractivity contribution in [2.75, 3.05) is 32.1 Å². The summed E-state index contributed by atoms with van der Waals surface area (Å²) in [4.78, 5) is 44.4. The summed E-state index contributed by atoms with van der Waals surface area (Å²) < 4.78 is 0. The van der Waals surface area contributed by atoms with Gasteiger partial charge >= 0.3 is 0 Å². The van der Waals surface area contributed by atoms with Crippen molar-refractivity contribution in [3.8, 4) is 0 Å². The van der Waals surface area contributed by atoms with Crippen LogP contribution in [0.2, 0.25) is 0 Å². The van der Waals surface area contributed by atoms with E-state index in [9.17, 15) is 14.4 Å². The van der Waals surface area contributed by atoms with E-state index in [0.29, 0.717) is 22.4 Å². The van der Waals surface area contributed by atoms with Crippen LogP contribution in [0.1, 0.15) is 55.0 Å². The number of fused-ring (bicyclic) bond motifs is 1. The van der Waals surface area contributed by atoms with Crippen LogP contribution in [-0.2, 0) is 0 Å². The number of benzene rings is 2. The van der Waals surface area contributed by atoms with E-state index in [0.717, 1.165) is 37.1 Å². The highest BCUT2D eigenvalue weighted by Gasteiger charge is 2.38. The molecule has 0 spiro atoms. The fourth-order valence-corrected chi connectivity index (χ4v) is 4.30. The molecule has 0 N–H and O–H groups in total. The molecule has 6 heteroatoms. The predicted molar refractivity (Wildman–Crippen MR) is 116 cm³/mol. The zero-order valence-corrected chi connectivity index (χ0v) is 17.9. The number of piperidine rings is 1. The van der Waals surface area contributed by atoms with Gasteiger partial charge in [0.2, 0.25) is 0 Å². The maximum absolute atomic E-state index is 13.1. The third-order valence-electron chi connectivity index (χ3n) is 6.30. The Morgan fingerprint density at radius 3 is 2.33 bits per heavy atom. The van der Waals surface area contributed by atoms with E-state index >= 15 is 0 Å². The first kappa shape index (κ1) is 20.3. The van der Waals surface area contributed by atoms with Crippen molar-refractivity contribution in [1.29, 1.82) is 0 Å². The number of anilines is 1. The van der Waals surface area contributed by atoms with Gasteiger partial charge in [-0.1, -0.05) is 12.1 Å². The van der Waals surface area contributed by atoms with E-state index in [1.54, 1.807) is 23.1 Å². The van der Waals surface area contributed by atoms with Crippen LogP contribution in [-0.4, -0.2) is 60.7 Å². The average molecular weight is 405 g/mol. The molecule has 3 amide bonds. The lowest BCUT2D eigenvalue weighted by atomic mass is 10.0. The minimum absolute atomic E-state index is 0.113. The molecule has 0 bridgehead atoms. The minimum atomic E-state index is -0.375. The Kier molecular flexibility index (Phi) is 5.20. The second kappa shape index (κ2) is 7.69. The lowest BCUT2D eigenvalue weighted by molar-refractivity contribution is 0.0659. The highest BCUT2D eigenvalue weighted by atomic mass is 16.2. The van der Waals surface area contributed by atoms with E-state index < -0.39 is 0 Å². The zero-order chi connectivity index (χ0) is 21.6. The summed E-state index contributed by atoms with van der Waals surface area (Å²) in [5.41, 5.74) is 3.51. The summed E-state index contributed by atoms with van der Waals surface area (Å²) in [6.07, 6.45) is 1.86. The van der Waals surface area contributed by atoms with Crippen molar-refractivity contribution in [2.24, 2.45) is 0 Å². The number of imide groups is 1. The van der Waals surface area contributed by atoms with E-state index in [2.05, 4.69) is 11.9 Å². The molecule has 2 aromatic carbocycles. The lowest BCUT2D eigenvalue weighted by Crippen LogP contribution is -2.44. The molecule has 156 valence electrons. The Labute approximate surface area is 177 Å². The van der Waals surface area contributed by atoms with Crippen LogP contribution in [0, 0.1) is 13.8 Å². The summed E-state index contributed by atoms with van der Waals surface area (Å²) in [5, 5.41) is 0. The van der Waals surface area contributed by atoms with Gasteiger partial charge in [-0.15, -0.1) is 0 Å². The van der Waals surface area contributed by atoms with Gasteiger partial charge in [-0.3, -0.25) is 14.4 Å². The predicted octanol–water partition coefficient (Wildman–Crippen LogP) is 3.27. The molecular formula is C24H27N3O3. The molecule has 4 rings (SSSR count). The number of hydrogen-bond acceptors (Lipinski definition) is 4. The van der Waals surface area contributed by atoms with Crippen molar-refractivity contribution in [1.82, 2.24) is 9.80 Å². The molecule has 0 atom stereocenters. The highest BCUT2D eigenvalue weighted by Crippen LogP contribution is 2.32. The van der Waals surface area contributed by atoms with E-state index in [1.165, 1.54) is 4.90 Å². The molecule has 0 aromatic heterocycles. The summed E-state index contributed by atoms with van der Waals surface area (Å²) >= 11 is 0. The van der Waals surface area contributed by atoms with E-state index in [4.69, 9.17) is 0 Å². The standard InChI is InChI=1S/C24H27N3O3/c1-15-5-6-16(2)21(13-15)27-23(29)19-8-7-17(14-20(19)24(27)30)22(28)26(4)18-9-11-25(3)12-10-18/h5-8,13-14,18H,9-12H2,1-4H3. The van der Waals surface area contributed by atoms with Crippen LogP contribution in [0.5, 0.6) is 0 Å². The zero-order valence-electron chi connectivity index (χ0n) is 17.9. The van der Waals surface area contributed by atoms with Gasteiger partial charge in [-0.25, -0.2) is 4.90 Å². The Balaban J connectivity index is 1.62. The van der Waals surface area contributed by atoms with Gasteiger partial charge in [-0.05, 0) is 82.2 Å². The Morgan fingerprint density at radius 2 is 1.63 bits per heavy atom. The van der Waals surface area contributed by atoms with Crippen molar-refractivity contribution in [3.63, 3.8) is 0 Å². The molecule has 2 aromatic rings. The number of likely N-dealkylation sites (tertiary alicyclic amines) is 1. The van der Waals surface area contributed by atoms with Crippen LogP contribution in [0.4, 0.5) is 5.69 Å². The summed E-state index contributed by atoms with van der Waals surface area (Å²) in [6, 6.07) is 10.7. The maximum atomic E-state index is 13.1. The molecule has 1 saturated heterocycles. The number of carbonyl (C=O) groups excluding carboxylic acids is 3. The van der Waals surface area contributed by atoms with Gasteiger partial charge in [0.15, 0.2) is 0 Å². The second-order valence-corrected chi connectivity index (χ2v) is 8.45. The van der Waals surface area contributed by atoms with Gasteiger partial charge in [-0.2, -0.15) is 0 Å². The number of amides is 3. The normalized spacial score (nSPS) is 17.4. The molecule has 0 unspecified atom stereocenters.